The second-order valence-corrected chi connectivity index (χ2v) is 19.8. The fourth-order valence-corrected chi connectivity index (χ4v) is 11.3. The third kappa shape index (κ3) is 8.69. The van der Waals surface area contributed by atoms with Gasteiger partial charge in [-0.05, 0) is 92.6 Å². The molecule has 350 valence electrons. The van der Waals surface area contributed by atoms with Gasteiger partial charge in [0.2, 0.25) is 11.8 Å². The molecule has 66 heavy (non-hydrogen) atoms. The van der Waals surface area contributed by atoms with Gasteiger partial charge in [0.25, 0.3) is 24.1 Å². The van der Waals surface area contributed by atoms with E-state index in [1.165, 1.54) is 19.2 Å². The summed E-state index contributed by atoms with van der Waals surface area (Å²) in [5, 5.41) is 15.0. The highest BCUT2D eigenvalue weighted by atomic mass is 19.3. The van der Waals surface area contributed by atoms with Gasteiger partial charge in [-0.25, -0.2) is 8.78 Å². The number of amides is 5. The van der Waals surface area contributed by atoms with Gasteiger partial charge in [0.05, 0.1) is 36.4 Å². The number of hydrogen-bond acceptors (Lipinski definition) is 11. The SMILES string of the molecule is COc1cc(OC2CC(N(CC(F)F)CC3CCN(c4ccc(C(=O)NC5C(C)(C)C(Oc6cc(C)c(C#N)c(C)c6)C5(C)C)cc4)CC3)C2)cc2c1C(=O)N(C1CCC(=O)NC1=O)C2=O. The Balaban J connectivity index is 0.821. The molecule has 8 rings (SSSR count). The van der Waals surface area contributed by atoms with Crippen molar-refractivity contribution in [2.75, 3.05) is 38.2 Å². The van der Waals surface area contributed by atoms with Gasteiger partial charge < -0.3 is 24.4 Å². The third-order valence-corrected chi connectivity index (χ3v) is 14.5. The number of fused-ring (bicyclic) bond motifs is 1. The highest BCUT2D eigenvalue weighted by Gasteiger charge is 2.64. The van der Waals surface area contributed by atoms with Crippen LogP contribution in [0.1, 0.15) is 114 Å². The van der Waals surface area contributed by atoms with Crippen molar-refractivity contribution in [2.45, 2.75) is 117 Å². The largest absolute Gasteiger partial charge is 0.496 e. The molecule has 2 saturated heterocycles. The summed E-state index contributed by atoms with van der Waals surface area (Å²) in [5.41, 5.74) is 3.27. The van der Waals surface area contributed by atoms with E-state index in [2.05, 4.69) is 49.3 Å². The highest BCUT2D eigenvalue weighted by molar-refractivity contribution is 6.24. The van der Waals surface area contributed by atoms with Crippen LogP contribution in [0.15, 0.2) is 48.5 Å². The summed E-state index contributed by atoms with van der Waals surface area (Å²) < 4.78 is 46.1. The van der Waals surface area contributed by atoms with Crippen molar-refractivity contribution in [3.63, 3.8) is 0 Å². The van der Waals surface area contributed by atoms with E-state index in [0.717, 1.165) is 47.6 Å². The molecule has 2 saturated carbocycles. The molecule has 14 nitrogen and oxygen atoms in total. The van der Waals surface area contributed by atoms with Gasteiger partial charge in [0.15, 0.2) is 0 Å². The number of nitrogens with one attached hydrogen (secondary N) is 2. The van der Waals surface area contributed by atoms with Crippen LogP contribution in [0.4, 0.5) is 14.5 Å². The Morgan fingerprint density at radius 3 is 2.15 bits per heavy atom. The quantitative estimate of drug-likeness (QED) is 0.167. The fourth-order valence-electron chi connectivity index (χ4n) is 11.3. The van der Waals surface area contributed by atoms with E-state index >= 15 is 0 Å². The summed E-state index contributed by atoms with van der Waals surface area (Å²) in [6.45, 7) is 13.9. The Morgan fingerprint density at radius 2 is 1.56 bits per heavy atom. The molecule has 5 amide bonds. The number of methoxy groups -OCH3 is 1. The Morgan fingerprint density at radius 1 is 0.924 bits per heavy atom. The van der Waals surface area contributed by atoms with Crippen LogP contribution >= 0.6 is 0 Å². The van der Waals surface area contributed by atoms with Gasteiger partial charge in [-0.15, -0.1) is 0 Å². The van der Waals surface area contributed by atoms with Crippen LogP contribution in [0.3, 0.4) is 0 Å². The van der Waals surface area contributed by atoms with Crippen LogP contribution in [0.5, 0.6) is 17.2 Å². The van der Waals surface area contributed by atoms with Crippen molar-refractivity contribution in [2.24, 2.45) is 16.7 Å². The number of aryl methyl sites for hydroxylation is 2. The molecule has 3 aromatic rings. The summed E-state index contributed by atoms with van der Waals surface area (Å²) in [6, 6.07) is 15.2. The molecule has 0 bridgehead atoms. The van der Waals surface area contributed by atoms with Crippen LogP contribution in [-0.4, -0.2) is 109 Å². The summed E-state index contributed by atoms with van der Waals surface area (Å²) >= 11 is 0. The molecule has 2 aliphatic carbocycles. The average molecular weight is 909 g/mol. The maximum absolute atomic E-state index is 13.9. The Labute approximate surface area is 383 Å². The van der Waals surface area contributed by atoms with E-state index in [1.807, 2.05) is 55.1 Å². The average Bonchev–Trinajstić information content (AvgIpc) is 3.50. The van der Waals surface area contributed by atoms with Crippen LogP contribution in [0.25, 0.3) is 0 Å². The van der Waals surface area contributed by atoms with Crippen LogP contribution < -0.4 is 29.7 Å². The summed E-state index contributed by atoms with van der Waals surface area (Å²) in [7, 11) is 1.36. The molecule has 1 unspecified atom stereocenters. The predicted molar refractivity (Wildman–Crippen MR) is 240 cm³/mol. The smallest absolute Gasteiger partial charge is 0.266 e. The van der Waals surface area contributed by atoms with E-state index in [1.54, 1.807) is 0 Å². The van der Waals surface area contributed by atoms with E-state index in [4.69, 9.17) is 14.2 Å². The summed E-state index contributed by atoms with van der Waals surface area (Å²) in [6.07, 6.45) is -0.315. The zero-order valence-corrected chi connectivity index (χ0v) is 38.5. The molecular weight excluding hydrogens is 851 g/mol. The second kappa shape index (κ2) is 18.0. The van der Waals surface area contributed by atoms with Gasteiger partial charge in [0.1, 0.15) is 35.5 Å². The molecule has 3 aliphatic heterocycles. The maximum Gasteiger partial charge on any atom is 0.266 e. The number of rotatable bonds is 14. The molecule has 0 aromatic heterocycles. The number of carbonyl (C=O) groups excluding carboxylic acids is 5. The van der Waals surface area contributed by atoms with E-state index in [9.17, 15) is 38.0 Å². The topological polar surface area (TPSA) is 171 Å². The third-order valence-electron chi connectivity index (χ3n) is 14.5. The molecule has 3 aromatic carbocycles. The lowest BCUT2D eigenvalue weighted by Crippen LogP contribution is -2.74. The standard InChI is InChI=1S/C50H58F2N6O8/c1-27-18-33(19-28(2)37(27)24-53)66-48-49(3,4)47(50(48,5)6)55-43(60)30-8-10-31(11-9-30)56-16-14-29(15-17-56)25-57(26-40(51)52)32-20-34(21-32)65-35-22-36-42(39(23-35)64-7)46(63)58(45(36)62)38-12-13-41(59)54-44(38)61/h8-11,18-19,22-23,29,32,34,38,40,47-48H,12-17,20-21,25-26H2,1-7H3,(H,55,60)(H,54,59,61). The number of hydrogen-bond donors (Lipinski definition) is 2. The number of nitrogens with zero attached hydrogens (tertiary/aromatic N) is 4. The minimum atomic E-state index is -2.50. The van der Waals surface area contributed by atoms with Gasteiger partial charge in [0, 0.05) is 79.1 Å². The number of anilines is 1. The normalized spacial score (nSPS) is 24.6. The molecule has 3 heterocycles. The van der Waals surface area contributed by atoms with Crippen molar-refractivity contribution in [3.8, 4) is 23.3 Å². The minimum Gasteiger partial charge on any atom is -0.496 e. The van der Waals surface area contributed by atoms with Crippen molar-refractivity contribution >= 4 is 35.2 Å². The van der Waals surface area contributed by atoms with Crippen molar-refractivity contribution in [1.82, 2.24) is 20.4 Å². The van der Waals surface area contributed by atoms with E-state index in [-0.39, 0.29) is 83.2 Å². The lowest BCUT2D eigenvalue weighted by atomic mass is 9.49. The zero-order chi connectivity index (χ0) is 47.4. The molecule has 16 heteroatoms. The first kappa shape index (κ1) is 46.4. The first-order valence-corrected chi connectivity index (χ1v) is 22.8. The first-order chi connectivity index (χ1) is 31.3. The molecule has 2 N–H and O–H groups in total. The molecule has 0 spiro atoms. The molecule has 4 fully saturated rings. The van der Waals surface area contributed by atoms with Crippen molar-refractivity contribution in [1.29, 1.82) is 5.26 Å². The molecule has 1 atom stereocenters. The minimum absolute atomic E-state index is 0.00114. The second-order valence-electron chi connectivity index (χ2n) is 19.8. The number of halogens is 2. The Hall–Kier alpha value is -6.08. The first-order valence-electron chi connectivity index (χ1n) is 22.8. The predicted octanol–water partition coefficient (Wildman–Crippen LogP) is 6.59. The van der Waals surface area contributed by atoms with Crippen LogP contribution in [0, 0.1) is 41.9 Å². The van der Waals surface area contributed by atoms with Crippen molar-refractivity contribution < 1.29 is 47.0 Å². The number of nitriles is 1. The lowest BCUT2D eigenvalue weighted by Gasteiger charge is -2.63. The Kier molecular flexibility index (Phi) is 12.6. The summed E-state index contributed by atoms with van der Waals surface area (Å²) in [4.78, 5) is 69.7. The monoisotopic (exact) mass is 908 g/mol. The number of piperidine rings is 2. The number of alkyl halides is 2. The van der Waals surface area contributed by atoms with E-state index < -0.39 is 36.1 Å². The number of benzene rings is 3. The highest BCUT2D eigenvalue weighted by Crippen LogP contribution is 2.55. The van der Waals surface area contributed by atoms with Gasteiger partial charge in [-0.2, -0.15) is 5.26 Å². The fraction of sp³-hybridized carbons (Fsp3) is 0.520. The van der Waals surface area contributed by atoms with E-state index in [0.29, 0.717) is 42.0 Å². The van der Waals surface area contributed by atoms with Gasteiger partial charge >= 0.3 is 0 Å². The number of imide groups is 2. The van der Waals surface area contributed by atoms with Crippen LogP contribution in [0.2, 0.25) is 0 Å². The molecule has 0 radical (unpaired) electrons. The molecule has 5 aliphatic rings. The van der Waals surface area contributed by atoms with Crippen LogP contribution in [-0.2, 0) is 9.59 Å². The number of ether oxygens (including phenoxy) is 3. The Bertz CT molecular complexity index is 2430. The van der Waals surface area contributed by atoms with Gasteiger partial charge in [-0.3, -0.25) is 39.1 Å². The van der Waals surface area contributed by atoms with Crippen molar-refractivity contribution in [3.05, 3.63) is 81.9 Å². The van der Waals surface area contributed by atoms with Gasteiger partial charge in [-0.1, -0.05) is 27.7 Å². The summed E-state index contributed by atoms with van der Waals surface area (Å²) in [5.74, 6) is -1.37. The molecular formula is C50H58F2N6O8. The maximum atomic E-state index is 13.9. The number of carbonyl (C=O) groups is 5. The lowest BCUT2D eigenvalue weighted by molar-refractivity contribution is -0.164. The zero-order valence-electron chi connectivity index (χ0n) is 38.5.